The average Bonchev–Trinajstić information content (AvgIpc) is 2.64. The molecular formula is C25H37N3O4S. The van der Waals surface area contributed by atoms with E-state index in [1.165, 1.54) is 0 Å². The number of rotatable bonds is 8. The number of amides is 1. The number of carbonyl (C=O) groups excluding carboxylic acids is 1. The van der Waals surface area contributed by atoms with Crippen LogP contribution in [0.5, 0.6) is 0 Å². The van der Waals surface area contributed by atoms with Crippen LogP contribution in [0.2, 0.25) is 0 Å². The molecule has 0 aliphatic carbocycles. The summed E-state index contributed by atoms with van der Waals surface area (Å²) in [5.74, 6) is 0.350. The van der Waals surface area contributed by atoms with E-state index < -0.39 is 21.7 Å². The van der Waals surface area contributed by atoms with E-state index in [0.29, 0.717) is 5.92 Å². The zero-order valence-electron chi connectivity index (χ0n) is 21.0. The van der Waals surface area contributed by atoms with Crippen molar-refractivity contribution in [3.8, 4) is 11.1 Å². The lowest BCUT2D eigenvalue weighted by Gasteiger charge is -2.23. The molecule has 0 bridgehead atoms. The molecule has 33 heavy (non-hydrogen) atoms. The number of aromatic nitrogens is 1. The van der Waals surface area contributed by atoms with Crippen LogP contribution in [0.15, 0.2) is 24.3 Å². The first kappa shape index (κ1) is 26.8. The molecule has 182 valence electrons. The predicted octanol–water partition coefficient (Wildman–Crippen LogP) is 4.64. The molecule has 8 heteroatoms. The number of alkyl carbamates (subject to hydrolysis) is 1. The van der Waals surface area contributed by atoms with Crippen molar-refractivity contribution in [1.82, 2.24) is 15.0 Å². The van der Waals surface area contributed by atoms with Crippen molar-refractivity contribution in [1.29, 1.82) is 0 Å². The molecular weight excluding hydrogens is 438 g/mol. The number of sulfonamides is 1. The number of ether oxygens (including phenoxy) is 1. The largest absolute Gasteiger partial charge is 0.444 e. The Hall–Kier alpha value is -2.45. The van der Waals surface area contributed by atoms with Crippen LogP contribution in [0.1, 0.15) is 62.7 Å². The lowest BCUT2D eigenvalue weighted by molar-refractivity contribution is 0.0523. The first-order valence-corrected chi connectivity index (χ1v) is 13.0. The molecule has 0 aliphatic rings. The van der Waals surface area contributed by atoms with Crippen molar-refractivity contribution in [2.45, 2.75) is 73.6 Å². The third-order valence-corrected chi connectivity index (χ3v) is 5.62. The van der Waals surface area contributed by atoms with Gasteiger partial charge in [-0.2, -0.15) is 0 Å². The number of nitrogens with zero attached hydrogens (tertiary/aromatic N) is 1. The first-order chi connectivity index (χ1) is 15.2. The number of hydrogen-bond donors (Lipinski definition) is 2. The van der Waals surface area contributed by atoms with E-state index in [2.05, 4.69) is 23.9 Å². The Kier molecular flexibility index (Phi) is 8.65. The highest BCUT2D eigenvalue weighted by atomic mass is 32.2. The van der Waals surface area contributed by atoms with E-state index >= 15 is 0 Å². The maximum absolute atomic E-state index is 12.4. The van der Waals surface area contributed by atoms with Crippen LogP contribution in [0, 0.1) is 19.8 Å². The fourth-order valence-electron chi connectivity index (χ4n) is 3.55. The number of aryl methyl sites for hydroxylation is 2. The van der Waals surface area contributed by atoms with Gasteiger partial charge in [0.25, 0.3) is 0 Å². The number of carbonyl (C=O) groups is 1. The van der Waals surface area contributed by atoms with Gasteiger partial charge in [0.2, 0.25) is 10.0 Å². The van der Waals surface area contributed by atoms with Gasteiger partial charge in [0, 0.05) is 30.0 Å². The minimum atomic E-state index is -3.40. The molecule has 7 nitrogen and oxygen atoms in total. The number of benzene rings is 1. The van der Waals surface area contributed by atoms with Crippen LogP contribution in [-0.4, -0.2) is 31.4 Å². The van der Waals surface area contributed by atoms with E-state index in [0.717, 1.165) is 51.9 Å². The van der Waals surface area contributed by atoms with Crippen LogP contribution in [-0.2, 0) is 34.3 Å². The molecule has 0 saturated heterocycles. The second-order valence-electron chi connectivity index (χ2n) is 9.89. The van der Waals surface area contributed by atoms with E-state index in [1.807, 2.05) is 58.9 Å². The molecule has 2 N–H and O–H groups in total. The highest BCUT2D eigenvalue weighted by Crippen LogP contribution is 2.33. The van der Waals surface area contributed by atoms with Crippen LogP contribution in [0.4, 0.5) is 4.79 Å². The number of nitrogens with one attached hydrogen (secondary N) is 2. The molecule has 0 radical (unpaired) electrons. The van der Waals surface area contributed by atoms with Gasteiger partial charge in [-0.1, -0.05) is 43.7 Å². The molecule has 2 aromatic rings. The van der Waals surface area contributed by atoms with Gasteiger partial charge in [0.15, 0.2) is 0 Å². The van der Waals surface area contributed by atoms with Crippen LogP contribution in [0.3, 0.4) is 0 Å². The minimum Gasteiger partial charge on any atom is -0.444 e. The van der Waals surface area contributed by atoms with Gasteiger partial charge < -0.3 is 10.1 Å². The topological polar surface area (TPSA) is 97.4 Å². The SMILES string of the molecule is Cc1ccc(-c2c(CNS(C)(=O)=O)c(C)nc(CC(C)C)c2CNC(=O)OC(C)(C)C)cc1. The van der Waals surface area contributed by atoms with Crippen LogP contribution >= 0.6 is 0 Å². The summed E-state index contributed by atoms with van der Waals surface area (Å²) in [6, 6.07) is 8.08. The predicted molar refractivity (Wildman–Crippen MR) is 132 cm³/mol. The lowest BCUT2D eigenvalue weighted by Crippen LogP contribution is -2.33. The zero-order chi connectivity index (χ0) is 25.0. The Morgan fingerprint density at radius 2 is 1.67 bits per heavy atom. The van der Waals surface area contributed by atoms with Gasteiger partial charge in [0.1, 0.15) is 5.60 Å². The standard InChI is InChI=1S/C25H37N3O4S/c1-16(2)13-22-21(14-26-24(29)32-25(5,6)7)23(19-11-9-17(3)10-12-19)20(18(4)28-22)15-27-33(8,30)31/h9-12,16,27H,13-15H2,1-8H3,(H,26,29). The van der Waals surface area contributed by atoms with Crippen molar-refractivity contribution in [2.75, 3.05) is 6.26 Å². The molecule has 0 unspecified atom stereocenters. The Bertz CT molecular complexity index is 1090. The summed E-state index contributed by atoms with van der Waals surface area (Å²) in [7, 11) is -3.40. The van der Waals surface area contributed by atoms with E-state index in [-0.39, 0.29) is 13.1 Å². The molecule has 0 aliphatic heterocycles. The number of hydrogen-bond acceptors (Lipinski definition) is 5. The molecule has 1 aromatic heterocycles. The molecule has 0 fully saturated rings. The Morgan fingerprint density at radius 3 is 2.18 bits per heavy atom. The summed E-state index contributed by atoms with van der Waals surface area (Å²) in [4.78, 5) is 17.3. The molecule has 1 aromatic carbocycles. The second kappa shape index (κ2) is 10.7. The monoisotopic (exact) mass is 475 g/mol. The minimum absolute atomic E-state index is 0.113. The van der Waals surface area contributed by atoms with Gasteiger partial charge in [-0.3, -0.25) is 4.98 Å². The second-order valence-corrected chi connectivity index (χ2v) is 11.7. The molecule has 1 heterocycles. The van der Waals surface area contributed by atoms with Crippen molar-refractivity contribution in [2.24, 2.45) is 5.92 Å². The molecule has 0 spiro atoms. The van der Waals surface area contributed by atoms with Gasteiger partial charge in [-0.15, -0.1) is 0 Å². The van der Waals surface area contributed by atoms with Crippen LogP contribution < -0.4 is 10.0 Å². The quantitative estimate of drug-likeness (QED) is 0.580. The zero-order valence-corrected chi connectivity index (χ0v) is 21.8. The normalized spacial score (nSPS) is 12.2. The highest BCUT2D eigenvalue weighted by molar-refractivity contribution is 7.88. The maximum Gasteiger partial charge on any atom is 0.407 e. The molecule has 1 amide bonds. The third kappa shape index (κ3) is 8.44. The van der Waals surface area contributed by atoms with Gasteiger partial charge in [-0.25, -0.2) is 17.9 Å². The van der Waals surface area contributed by atoms with Gasteiger partial charge >= 0.3 is 6.09 Å². The van der Waals surface area contributed by atoms with E-state index in [9.17, 15) is 13.2 Å². The smallest absolute Gasteiger partial charge is 0.407 e. The summed E-state index contributed by atoms with van der Waals surface area (Å²) in [5, 5.41) is 2.87. The average molecular weight is 476 g/mol. The summed E-state index contributed by atoms with van der Waals surface area (Å²) in [5.41, 5.74) is 5.66. The lowest BCUT2D eigenvalue weighted by atomic mass is 9.89. The maximum atomic E-state index is 12.4. The van der Waals surface area contributed by atoms with E-state index in [4.69, 9.17) is 9.72 Å². The summed E-state index contributed by atoms with van der Waals surface area (Å²) >= 11 is 0. The molecule has 0 saturated carbocycles. The first-order valence-electron chi connectivity index (χ1n) is 11.2. The van der Waals surface area contributed by atoms with Crippen molar-refractivity contribution in [3.63, 3.8) is 0 Å². The van der Waals surface area contributed by atoms with Crippen molar-refractivity contribution < 1.29 is 17.9 Å². The van der Waals surface area contributed by atoms with Crippen molar-refractivity contribution >= 4 is 16.1 Å². The Morgan fingerprint density at radius 1 is 1.06 bits per heavy atom. The fraction of sp³-hybridized carbons (Fsp3) is 0.520. The Labute approximate surface area is 198 Å². The third-order valence-electron chi connectivity index (χ3n) is 4.95. The summed E-state index contributed by atoms with van der Waals surface area (Å²) in [6.45, 7) is 13.9. The van der Waals surface area contributed by atoms with Crippen molar-refractivity contribution in [3.05, 3.63) is 52.3 Å². The fourth-order valence-corrected chi connectivity index (χ4v) is 3.96. The number of pyridine rings is 1. The Balaban J connectivity index is 2.66. The summed E-state index contributed by atoms with van der Waals surface area (Å²) < 4.78 is 31.7. The highest BCUT2D eigenvalue weighted by Gasteiger charge is 2.22. The van der Waals surface area contributed by atoms with E-state index in [1.54, 1.807) is 0 Å². The van der Waals surface area contributed by atoms with Gasteiger partial charge in [0.05, 0.1) is 6.26 Å². The van der Waals surface area contributed by atoms with Crippen LogP contribution in [0.25, 0.3) is 11.1 Å². The molecule has 2 rings (SSSR count). The molecule has 0 atom stereocenters. The van der Waals surface area contributed by atoms with Gasteiger partial charge in [-0.05, 0) is 63.6 Å². The summed E-state index contributed by atoms with van der Waals surface area (Å²) in [6.07, 6.45) is 1.36.